The lowest BCUT2D eigenvalue weighted by Crippen LogP contribution is -2.20. The number of nitrogens with one attached hydrogen (secondary N) is 2. The van der Waals surface area contributed by atoms with Crippen LogP contribution in [0.2, 0.25) is 0 Å². The molecule has 0 atom stereocenters. The summed E-state index contributed by atoms with van der Waals surface area (Å²) in [5.74, 6) is -1.02. The number of aryl methyl sites for hydroxylation is 2. The van der Waals surface area contributed by atoms with E-state index in [-0.39, 0.29) is 29.5 Å². The van der Waals surface area contributed by atoms with Gasteiger partial charge in [0.1, 0.15) is 22.6 Å². The lowest BCUT2D eigenvalue weighted by atomic mass is 10.1. The molecular weight excluding hydrogens is 516 g/mol. The molecule has 3 aromatic heterocycles. The van der Waals surface area contributed by atoms with Gasteiger partial charge < -0.3 is 27.3 Å². The van der Waals surface area contributed by atoms with Gasteiger partial charge in [0.15, 0.2) is 5.65 Å². The largest absolute Gasteiger partial charge is 0.494 e. The Labute approximate surface area is 229 Å². The first kappa shape index (κ1) is 27.6. The van der Waals surface area contributed by atoms with Crippen molar-refractivity contribution in [1.29, 1.82) is 0 Å². The highest BCUT2D eigenvalue weighted by Gasteiger charge is 2.19. The average molecular weight is 547 g/mol. The molecular formula is C26H30N10O4. The molecule has 14 nitrogen and oxygen atoms in total. The van der Waals surface area contributed by atoms with Crippen molar-refractivity contribution in [2.24, 2.45) is 11.5 Å². The minimum Gasteiger partial charge on any atom is -0.494 e. The summed E-state index contributed by atoms with van der Waals surface area (Å²) < 4.78 is 8.64. The standard InChI is InChI=1S/C26H30N10O4/c1-4-36-19(9-14(2)34-36)25(39)33-26-32-18-11-16(23(29)38)13-31-24(18)35(26)8-6-5-7-30-21-17(27)10-15(22(28)37)12-20(21)40-3/h5-6,9-13,30H,4,7-8,27H2,1-3H3,(H2,28,37)(H2,29,38)(H,32,33,39)/b6-5+. The number of ether oxygens (including phenoxy) is 1. The molecule has 0 unspecified atom stereocenters. The van der Waals surface area contributed by atoms with E-state index in [4.69, 9.17) is 21.9 Å². The number of aromatic nitrogens is 5. The van der Waals surface area contributed by atoms with Crippen molar-refractivity contribution in [2.75, 3.05) is 30.0 Å². The Bertz CT molecular complexity index is 1640. The van der Waals surface area contributed by atoms with E-state index < -0.39 is 11.8 Å². The van der Waals surface area contributed by atoms with Gasteiger partial charge in [0.05, 0.1) is 24.1 Å². The quantitative estimate of drug-likeness (QED) is 0.136. The van der Waals surface area contributed by atoms with Crippen LogP contribution in [-0.4, -0.2) is 55.7 Å². The van der Waals surface area contributed by atoms with E-state index in [0.29, 0.717) is 52.8 Å². The Kier molecular flexibility index (Phi) is 7.98. The summed E-state index contributed by atoms with van der Waals surface area (Å²) >= 11 is 0. The topological polar surface area (TPSA) is 211 Å². The van der Waals surface area contributed by atoms with Crippen molar-refractivity contribution in [3.05, 3.63) is 65.1 Å². The predicted octanol–water partition coefficient (Wildman–Crippen LogP) is 1.67. The summed E-state index contributed by atoms with van der Waals surface area (Å²) in [5.41, 5.74) is 20.0. The molecule has 0 radical (unpaired) electrons. The van der Waals surface area contributed by atoms with Gasteiger partial charge in [0.25, 0.3) is 5.91 Å². The highest BCUT2D eigenvalue weighted by molar-refractivity contribution is 6.03. The van der Waals surface area contributed by atoms with Crippen LogP contribution in [0.25, 0.3) is 11.2 Å². The van der Waals surface area contributed by atoms with Crippen molar-refractivity contribution in [3.8, 4) is 5.75 Å². The first-order valence-corrected chi connectivity index (χ1v) is 12.3. The Hall–Kier alpha value is -5.40. The number of anilines is 3. The lowest BCUT2D eigenvalue weighted by molar-refractivity contribution is 0.0991. The van der Waals surface area contributed by atoms with Gasteiger partial charge in [-0.3, -0.25) is 28.9 Å². The fraction of sp³-hybridized carbons (Fsp3) is 0.231. The number of rotatable bonds is 11. The van der Waals surface area contributed by atoms with E-state index >= 15 is 0 Å². The summed E-state index contributed by atoms with van der Waals surface area (Å²) in [6.45, 7) is 4.87. The number of allylic oxidation sites excluding steroid dienone is 1. The molecule has 4 rings (SSSR count). The van der Waals surface area contributed by atoms with Crippen LogP contribution in [0.15, 0.2) is 42.6 Å². The van der Waals surface area contributed by atoms with Crippen molar-refractivity contribution in [3.63, 3.8) is 0 Å². The molecule has 40 heavy (non-hydrogen) atoms. The Morgan fingerprint density at radius 2 is 1.82 bits per heavy atom. The van der Waals surface area contributed by atoms with Crippen LogP contribution in [0.4, 0.5) is 17.3 Å². The molecule has 0 saturated carbocycles. The first-order valence-electron chi connectivity index (χ1n) is 12.3. The van der Waals surface area contributed by atoms with Gasteiger partial charge in [0, 0.05) is 31.4 Å². The molecule has 0 bridgehead atoms. The van der Waals surface area contributed by atoms with Crippen LogP contribution in [0.1, 0.15) is 43.8 Å². The van der Waals surface area contributed by atoms with Crippen LogP contribution < -0.4 is 32.6 Å². The van der Waals surface area contributed by atoms with Crippen molar-refractivity contribution in [2.45, 2.75) is 26.9 Å². The van der Waals surface area contributed by atoms with Gasteiger partial charge in [-0.05, 0) is 38.1 Å². The van der Waals surface area contributed by atoms with Crippen LogP contribution in [-0.2, 0) is 13.1 Å². The highest BCUT2D eigenvalue weighted by Crippen LogP contribution is 2.32. The van der Waals surface area contributed by atoms with Crippen molar-refractivity contribution in [1.82, 2.24) is 24.3 Å². The van der Waals surface area contributed by atoms with Gasteiger partial charge in [0.2, 0.25) is 17.8 Å². The summed E-state index contributed by atoms with van der Waals surface area (Å²) in [6.07, 6.45) is 5.04. The summed E-state index contributed by atoms with van der Waals surface area (Å²) in [7, 11) is 1.46. The number of nitrogens with two attached hydrogens (primary N) is 3. The van der Waals surface area contributed by atoms with E-state index in [2.05, 4.69) is 25.7 Å². The summed E-state index contributed by atoms with van der Waals surface area (Å²) in [4.78, 5) is 45.1. The van der Waals surface area contributed by atoms with E-state index in [0.717, 1.165) is 0 Å². The average Bonchev–Trinajstić information content (AvgIpc) is 3.47. The molecule has 8 N–H and O–H groups in total. The number of primary amides is 2. The third kappa shape index (κ3) is 5.70. The minimum atomic E-state index is -0.638. The molecule has 14 heteroatoms. The van der Waals surface area contributed by atoms with E-state index in [1.165, 1.54) is 31.5 Å². The van der Waals surface area contributed by atoms with E-state index in [9.17, 15) is 14.4 Å². The summed E-state index contributed by atoms with van der Waals surface area (Å²) in [6, 6.07) is 6.20. The second-order valence-electron chi connectivity index (χ2n) is 8.78. The SMILES string of the molecule is CCn1nc(C)cc1C(=O)Nc1nc2cc(C(N)=O)cnc2n1C/C=C/CNc1c(N)cc(C(N)=O)cc1OC. The molecule has 0 aliphatic carbocycles. The van der Waals surface area contributed by atoms with E-state index in [1.54, 1.807) is 15.3 Å². The van der Waals surface area contributed by atoms with Crippen molar-refractivity contribution < 1.29 is 19.1 Å². The molecule has 3 amide bonds. The minimum absolute atomic E-state index is 0.198. The maximum Gasteiger partial charge on any atom is 0.276 e. The number of hydrogen-bond acceptors (Lipinski definition) is 9. The third-order valence-corrected chi connectivity index (χ3v) is 6.02. The van der Waals surface area contributed by atoms with Gasteiger partial charge in [-0.15, -0.1) is 0 Å². The number of amides is 3. The maximum atomic E-state index is 13.1. The number of methoxy groups -OCH3 is 1. The zero-order chi connectivity index (χ0) is 29.0. The zero-order valence-corrected chi connectivity index (χ0v) is 22.3. The fourth-order valence-electron chi connectivity index (χ4n) is 4.10. The molecule has 4 aromatic rings. The fourth-order valence-corrected chi connectivity index (χ4v) is 4.10. The van der Waals surface area contributed by atoms with Gasteiger partial charge in [-0.2, -0.15) is 5.10 Å². The molecule has 0 saturated heterocycles. The van der Waals surface area contributed by atoms with E-state index in [1.807, 2.05) is 26.0 Å². The normalized spacial score (nSPS) is 11.2. The van der Waals surface area contributed by atoms with Crippen LogP contribution in [0.3, 0.4) is 0 Å². The number of carbonyl (C=O) groups is 3. The Balaban J connectivity index is 1.57. The number of benzene rings is 1. The van der Waals surface area contributed by atoms with Crippen LogP contribution >= 0.6 is 0 Å². The first-order chi connectivity index (χ1) is 19.1. The molecule has 3 heterocycles. The van der Waals surface area contributed by atoms with Gasteiger partial charge in [-0.1, -0.05) is 12.2 Å². The molecule has 0 fully saturated rings. The number of nitrogens with zero attached hydrogens (tertiary/aromatic N) is 5. The number of carbonyl (C=O) groups excluding carboxylic acids is 3. The molecule has 0 spiro atoms. The Morgan fingerprint density at radius 1 is 1.07 bits per heavy atom. The monoisotopic (exact) mass is 546 g/mol. The maximum absolute atomic E-state index is 13.1. The summed E-state index contributed by atoms with van der Waals surface area (Å²) in [5, 5.41) is 10.3. The number of nitrogen functional groups attached to an aromatic ring is 1. The molecule has 0 aliphatic heterocycles. The molecule has 208 valence electrons. The predicted molar refractivity (Wildman–Crippen MR) is 150 cm³/mol. The smallest absolute Gasteiger partial charge is 0.276 e. The Morgan fingerprint density at radius 3 is 2.50 bits per heavy atom. The number of imidazole rings is 1. The highest BCUT2D eigenvalue weighted by atomic mass is 16.5. The van der Waals surface area contributed by atoms with Crippen LogP contribution in [0.5, 0.6) is 5.75 Å². The number of fused-ring (bicyclic) bond motifs is 1. The molecule has 1 aromatic carbocycles. The second-order valence-corrected chi connectivity index (χ2v) is 8.78. The second kappa shape index (κ2) is 11.6. The zero-order valence-electron chi connectivity index (χ0n) is 22.3. The van der Waals surface area contributed by atoms with Crippen molar-refractivity contribution >= 4 is 46.2 Å². The number of hydrogen-bond donors (Lipinski definition) is 5. The lowest BCUT2D eigenvalue weighted by Gasteiger charge is -2.14. The molecule has 0 aliphatic rings. The van der Waals surface area contributed by atoms with Crippen LogP contribution in [0, 0.1) is 6.92 Å². The van der Waals surface area contributed by atoms with Gasteiger partial charge >= 0.3 is 0 Å². The van der Waals surface area contributed by atoms with Gasteiger partial charge in [-0.25, -0.2) is 9.97 Å². The third-order valence-electron chi connectivity index (χ3n) is 6.02. The number of pyridine rings is 1.